The van der Waals surface area contributed by atoms with E-state index < -0.39 is 11.9 Å². The summed E-state index contributed by atoms with van der Waals surface area (Å²) in [6, 6.07) is -0.255. The molecule has 1 saturated heterocycles. The summed E-state index contributed by atoms with van der Waals surface area (Å²) in [5.74, 6) is -0.345. The second-order valence-electron chi connectivity index (χ2n) is 3.52. The molecule has 1 aliphatic heterocycles. The minimum absolute atomic E-state index is 0.0538. The zero-order valence-electron chi connectivity index (χ0n) is 8.12. The topological polar surface area (TPSA) is 63.4 Å². The highest BCUT2D eigenvalue weighted by Crippen LogP contribution is 2.22. The Balaban J connectivity index is 2.77. The zero-order chi connectivity index (χ0) is 10.0. The summed E-state index contributed by atoms with van der Waals surface area (Å²) in [7, 11) is 0. The number of hydrogen-bond acceptors (Lipinski definition) is 2. The van der Waals surface area contributed by atoms with Crippen molar-refractivity contribution in [2.45, 2.75) is 45.2 Å². The van der Waals surface area contributed by atoms with Crippen LogP contribution in [-0.4, -0.2) is 28.8 Å². The molecule has 2 N–H and O–H groups in total. The van der Waals surface area contributed by atoms with Crippen molar-refractivity contribution < 1.29 is 9.59 Å². The molecule has 13 heavy (non-hydrogen) atoms. The van der Waals surface area contributed by atoms with E-state index in [0.29, 0.717) is 12.8 Å². The number of rotatable bonds is 3. The molecule has 0 spiro atoms. The number of carbonyl (C=O) groups is 2. The van der Waals surface area contributed by atoms with Crippen molar-refractivity contribution in [1.82, 2.24) is 4.90 Å². The van der Waals surface area contributed by atoms with Gasteiger partial charge in [0.1, 0.15) is 6.04 Å². The van der Waals surface area contributed by atoms with E-state index in [2.05, 4.69) is 0 Å². The largest absolute Gasteiger partial charge is 0.368 e. The Morgan fingerprint density at radius 2 is 2.38 bits per heavy atom. The summed E-state index contributed by atoms with van der Waals surface area (Å²) in [5.41, 5.74) is 5.22. The Labute approximate surface area is 78.1 Å². The molecule has 0 saturated carbocycles. The molecule has 0 aromatic carbocycles. The van der Waals surface area contributed by atoms with Crippen LogP contribution in [0.25, 0.3) is 0 Å². The Hall–Kier alpha value is -1.06. The van der Waals surface area contributed by atoms with Crippen molar-refractivity contribution in [3.05, 3.63) is 0 Å². The Kier molecular flexibility index (Phi) is 2.90. The predicted molar refractivity (Wildman–Crippen MR) is 48.8 cm³/mol. The molecule has 4 heteroatoms. The lowest BCUT2D eigenvalue weighted by Crippen LogP contribution is -2.47. The van der Waals surface area contributed by atoms with Gasteiger partial charge in [-0.15, -0.1) is 0 Å². The van der Waals surface area contributed by atoms with Crippen LogP contribution in [0.1, 0.15) is 33.1 Å². The van der Waals surface area contributed by atoms with Crippen LogP contribution in [-0.2, 0) is 9.59 Å². The van der Waals surface area contributed by atoms with Crippen molar-refractivity contribution >= 4 is 11.8 Å². The molecule has 1 heterocycles. The molecule has 1 aliphatic rings. The first-order valence-corrected chi connectivity index (χ1v) is 4.68. The summed E-state index contributed by atoms with van der Waals surface area (Å²) in [5, 5.41) is 0. The van der Waals surface area contributed by atoms with Gasteiger partial charge >= 0.3 is 0 Å². The van der Waals surface area contributed by atoms with Gasteiger partial charge < -0.3 is 10.6 Å². The average molecular weight is 184 g/mol. The number of primary amides is 1. The Morgan fingerprint density at radius 1 is 1.77 bits per heavy atom. The standard InChI is InChI=1S/C9H16N2O2/c1-3-7(9(10)13)11-6(2)4-5-8(11)12/h6-7H,3-5H2,1-2H3,(H2,10,13)/t6-,7+/m1/s1. The third kappa shape index (κ3) is 1.82. The van der Waals surface area contributed by atoms with Gasteiger partial charge in [0.05, 0.1) is 0 Å². The van der Waals surface area contributed by atoms with Gasteiger partial charge in [-0.2, -0.15) is 0 Å². The van der Waals surface area contributed by atoms with E-state index in [0.717, 1.165) is 6.42 Å². The minimum atomic E-state index is -0.412. The van der Waals surface area contributed by atoms with Gasteiger partial charge in [0.15, 0.2) is 0 Å². The van der Waals surface area contributed by atoms with E-state index in [1.807, 2.05) is 13.8 Å². The number of carbonyl (C=O) groups excluding carboxylic acids is 2. The lowest BCUT2D eigenvalue weighted by atomic mass is 10.1. The van der Waals surface area contributed by atoms with Gasteiger partial charge in [0.2, 0.25) is 11.8 Å². The van der Waals surface area contributed by atoms with E-state index in [4.69, 9.17) is 5.73 Å². The molecule has 0 unspecified atom stereocenters. The quantitative estimate of drug-likeness (QED) is 0.684. The molecule has 0 aromatic heterocycles. The van der Waals surface area contributed by atoms with E-state index in [-0.39, 0.29) is 11.9 Å². The highest BCUT2D eigenvalue weighted by atomic mass is 16.2. The van der Waals surface area contributed by atoms with Gasteiger partial charge in [-0.05, 0) is 19.8 Å². The normalized spacial score (nSPS) is 24.9. The molecular formula is C9H16N2O2. The molecule has 2 amide bonds. The van der Waals surface area contributed by atoms with Crippen LogP contribution in [0.2, 0.25) is 0 Å². The van der Waals surface area contributed by atoms with Crippen molar-refractivity contribution in [1.29, 1.82) is 0 Å². The van der Waals surface area contributed by atoms with Crippen molar-refractivity contribution in [3.63, 3.8) is 0 Å². The van der Waals surface area contributed by atoms with Crippen LogP contribution < -0.4 is 5.73 Å². The summed E-state index contributed by atoms with van der Waals surface area (Å²) in [4.78, 5) is 24.1. The first-order chi connectivity index (χ1) is 6.07. The van der Waals surface area contributed by atoms with Crippen LogP contribution in [0.5, 0.6) is 0 Å². The van der Waals surface area contributed by atoms with E-state index >= 15 is 0 Å². The Bertz CT molecular complexity index is 228. The summed E-state index contributed by atoms with van der Waals surface area (Å²) < 4.78 is 0. The van der Waals surface area contributed by atoms with Crippen LogP contribution in [0, 0.1) is 0 Å². The molecule has 1 rings (SSSR count). The van der Waals surface area contributed by atoms with Crippen LogP contribution in [0.4, 0.5) is 0 Å². The zero-order valence-corrected chi connectivity index (χ0v) is 8.12. The van der Waals surface area contributed by atoms with E-state index in [9.17, 15) is 9.59 Å². The number of nitrogens with zero attached hydrogens (tertiary/aromatic N) is 1. The van der Waals surface area contributed by atoms with Crippen LogP contribution in [0.3, 0.4) is 0 Å². The first kappa shape index (κ1) is 10.0. The molecule has 4 nitrogen and oxygen atoms in total. The van der Waals surface area contributed by atoms with Gasteiger partial charge in [-0.25, -0.2) is 0 Å². The maximum atomic E-state index is 11.4. The third-order valence-electron chi connectivity index (χ3n) is 2.59. The van der Waals surface area contributed by atoms with E-state index in [1.165, 1.54) is 0 Å². The fourth-order valence-electron chi connectivity index (χ4n) is 1.86. The second kappa shape index (κ2) is 3.77. The fourth-order valence-corrected chi connectivity index (χ4v) is 1.86. The predicted octanol–water partition coefficient (Wildman–Crippen LogP) is 0.261. The molecule has 0 aromatic rings. The molecule has 0 aliphatic carbocycles. The summed E-state index contributed by atoms with van der Waals surface area (Å²) >= 11 is 0. The monoisotopic (exact) mass is 184 g/mol. The molecule has 2 atom stereocenters. The average Bonchev–Trinajstić information content (AvgIpc) is 2.36. The maximum absolute atomic E-state index is 11.4. The first-order valence-electron chi connectivity index (χ1n) is 4.68. The van der Waals surface area contributed by atoms with Crippen LogP contribution >= 0.6 is 0 Å². The SMILES string of the molecule is CC[C@@H](C(N)=O)N1C(=O)CC[C@H]1C. The van der Waals surface area contributed by atoms with E-state index in [1.54, 1.807) is 4.90 Å². The summed E-state index contributed by atoms with van der Waals surface area (Å²) in [6.07, 6.45) is 1.99. The van der Waals surface area contributed by atoms with Gasteiger partial charge in [-0.3, -0.25) is 9.59 Å². The fraction of sp³-hybridized carbons (Fsp3) is 0.778. The van der Waals surface area contributed by atoms with Gasteiger partial charge in [-0.1, -0.05) is 6.92 Å². The number of hydrogen-bond donors (Lipinski definition) is 1. The third-order valence-corrected chi connectivity index (χ3v) is 2.59. The van der Waals surface area contributed by atoms with Gasteiger partial charge in [0, 0.05) is 12.5 Å². The second-order valence-corrected chi connectivity index (χ2v) is 3.52. The molecular weight excluding hydrogens is 168 g/mol. The molecule has 74 valence electrons. The lowest BCUT2D eigenvalue weighted by Gasteiger charge is -2.28. The maximum Gasteiger partial charge on any atom is 0.240 e. The lowest BCUT2D eigenvalue weighted by molar-refractivity contribution is -0.137. The van der Waals surface area contributed by atoms with Crippen molar-refractivity contribution in [3.8, 4) is 0 Å². The molecule has 0 radical (unpaired) electrons. The van der Waals surface area contributed by atoms with Crippen LogP contribution in [0.15, 0.2) is 0 Å². The number of nitrogens with two attached hydrogens (primary N) is 1. The van der Waals surface area contributed by atoms with Crippen molar-refractivity contribution in [2.75, 3.05) is 0 Å². The number of likely N-dealkylation sites (tertiary alicyclic amines) is 1. The smallest absolute Gasteiger partial charge is 0.240 e. The minimum Gasteiger partial charge on any atom is -0.368 e. The molecule has 0 bridgehead atoms. The Morgan fingerprint density at radius 3 is 2.69 bits per heavy atom. The number of amides is 2. The van der Waals surface area contributed by atoms with Crippen molar-refractivity contribution in [2.24, 2.45) is 5.73 Å². The molecule has 1 fully saturated rings. The highest BCUT2D eigenvalue weighted by Gasteiger charge is 2.35. The highest BCUT2D eigenvalue weighted by molar-refractivity contribution is 5.87. The van der Waals surface area contributed by atoms with Gasteiger partial charge in [0.25, 0.3) is 0 Å². The summed E-state index contributed by atoms with van der Waals surface area (Å²) in [6.45, 7) is 3.82.